The van der Waals surface area contributed by atoms with E-state index in [0.717, 1.165) is 32.1 Å². The zero-order valence-electron chi connectivity index (χ0n) is 13.0. The van der Waals surface area contributed by atoms with Gasteiger partial charge in [-0.3, -0.25) is 4.79 Å². The predicted octanol–water partition coefficient (Wildman–Crippen LogP) is 1.76. The molecule has 0 radical (unpaired) electrons. The summed E-state index contributed by atoms with van der Waals surface area (Å²) in [4.78, 5) is 12.9. The van der Waals surface area contributed by atoms with Crippen LogP contribution in [0.15, 0.2) is 5.16 Å². The molecule has 1 aliphatic heterocycles. The molecule has 2 aliphatic rings. The molecule has 0 bridgehead atoms. The van der Waals surface area contributed by atoms with Crippen molar-refractivity contribution in [3.8, 4) is 0 Å². The van der Waals surface area contributed by atoms with Gasteiger partial charge < -0.3 is 21.0 Å². The summed E-state index contributed by atoms with van der Waals surface area (Å²) in [5.74, 6) is -0.0865. The first-order valence-corrected chi connectivity index (χ1v) is 7.87. The van der Waals surface area contributed by atoms with Crippen molar-refractivity contribution in [3.63, 3.8) is 0 Å². The number of carbonyl (C=O) groups is 1. The molecule has 0 spiro atoms. The quantitative estimate of drug-likeness (QED) is 0.243. The Balaban J connectivity index is 2.22. The highest BCUT2D eigenvalue weighted by Crippen LogP contribution is 2.37. The first kappa shape index (κ1) is 16.1. The minimum Gasteiger partial charge on any atom is -0.409 e. The van der Waals surface area contributed by atoms with E-state index in [4.69, 9.17) is 15.7 Å². The minimum atomic E-state index is -0.878. The van der Waals surface area contributed by atoms with Crippen molar-refractivity contribution in [3.05, 3.63) is 0 Å². The number of ether oxygens (including phenoxy) is 1. The Bertz CT molecular complexity index is 416. The number of nitrogens with zero attached hydrogens (tertiary/aromatic N) is 1. The zero-order chi connectivity index (χ0) is 15.5. The van der Waals surface area contributed by atoms with Crippen LogP contribution in [0.5, 0.6) is 0 Å². The molecular weight excluding hydrogens is 270 g/mol. The monoisotopic (exact) mass is 297 g/mol. The van der Waals surface area contributed by atoms with Gasteiger partial charge in [0.25, 0.3) is 0 Å². The van der Waals surface area contributed by atoms with Crippen LogP contribution >= 0.6 is 0 Å². The molecule has 0 aromatic rings. The Labute approximate surface area is 126 Å². The molecule has 0 aromatic heterocycles. The van der Waals surface area contributed by atoms with E-state index < -0.39 is 5.41 Å². The Hall–Kier alpha value is -1.30. The maximum atomic E-state index is 12.9. The Morgan fingerprint density at radius 2 is 1.90 bits per heavy atom. The maximum Gasteiger partial charge on any atom is 0.234 e. The first-order chi connectivity index (χ1) is 9.94. The van der Waals surface area contributed by atoms with Crippen LogP contribution in [0.2, 0.25) is 0 Å². The second-order valence-corrected chi connectivity index (χ2v) is 6.62. The largest absolute Gasteiger partial charge is 0.409 e. The topological polar surface area (TPSA) is 96.9 Å². The van der Waals surface area contributed by atoms with Gasteiger partial charge in [0.2, 0.25) is 5.91 Å². The van der Waals surface area contributed by atoms with E-state index in [0.29, 0.717) is 19.4 Å². The third-order valence-electron chi connectivity index (χ3n) is 5.28. The van der Waals surface area contributed by atoms with E-state index in [-0.39, 0.29) is 23.4 Å². The molecule has 1 saturated heterocycles. The molecule has 2 fully saturated rings. The van der Waals surface area contributed by atoms with Crippen molar-refractivity contribution in [2.24, 2.45) is 16.3 Å². The van der Waals surface area contributed by atoms with Gasteiger partial charge >= 0.3 is 0 Å². The molecule has 1 aliphatic carbocycles. The molecular formula is C15H27N3O3. The molecule has 2 unspecified atom stereocenters. The van der Waals surface area contributed by atoms with Gasteiger partial charge in [0.15, 0.2) is 5.84 Å². The Morgan fingerprint density at radius 1 is 1.29 bits per heavy atom. The zero-order valence-corrected chi connectivity index (χ0v) is 13.0. The van der Waals surface area contributed by atoms with Gasteiger partial charge in [0.05, 0.1) is 11.6 Å². The highest BCUT2D eigenvalue weighted by molar-refractivity contribution is 6.07. The fraction of sp³-hybridized carbons (Fsp3) is 0.867. The summed E-state index contributed by atoms with van der Waals surface area (Å²) in [5, 5.41) is 15.4. The van der Waals surface area contributed by atoms with Crippen molar-refractivity contribution < 1.29 is 14.7 Å². The molecule has 2 rings (SSSR count). The lowest BCUT2D eigenvalue weighted by molar-refractivity contribution is -0.130. The Morgan fingerprint density at radius 3 is 2.38 bits per heavy atom. The molecule has 6 heteroatoms. The number of nitrogens with two attached hydrogens (primary N) is 1. The van der Waals surface area contributed by atoms with Gasteiger partial charge in [-0.15, -0.1) is 0 Å². The fourth-order valence-corrected chi connectivity index (χ4v) is 3.41. The number of amidine groups is 1. The Kier molecular flexibility index (Phi) is 4.76. The van der Waals surface area contributed by atoms with Crippen LogP contribution in [0.4, 0.5) is 0 Å². The number of hydrogen-bond acceptors (Lipinski definition) is 4. The lowest BCUT2D eigenvalue weighted by Gasteiger charge is -2.36. The van der Waals surface area contributed by atoms with E-state index in [2.05, 4.69) is 10.5 Å². The van der Waals surface area contributed by atoms with Crippen molar-refractivity contribution in [1.82, 2.24) is 5.32 Å². The number of carbonyl (C=O) groups excluding carboxylic acids is 1. The lowest BCUT2D eigenvalue weighted by atomic mass is 9.77. The van der Waals surface area contributed by atoms with Gasteiger partial charge in [0, 0.05) is 6.61 Å². The number of nitrogens with one attached hydrogen (secondary N) is 1. The van der Waals surface area contributed by atoms with Crippen molar-refractivity contribution in [1.29, 1.82) is 0 Å². The first-order valence-electron chi connectivity index (χ1n) is 7.87. The van der Waals surface area contributed by atoms with Crippen LogP contribution in [-0.4, -0.2) is 35.2 Å². The molecule has 0 aromatic carbocycles. The molecule has 1 amide bonds. The van der Waals surface area contributed by atoms with E-state index in [1.165, 1.54) is 0 Å². The van der Waals surface area contributed by atoms with Gasteiger partial charge in [0.1, 0.15) is 5.41 Å². The van der Waals surface area contributed by atoms with Crippen molar-refractivity contribution >= 4 is 11.7 Å². The van der Waals surface area contributed by atoms with Crippen LogP contribution in [0.3, 0.4) is 0 Å². The van der Waals surface area contributed by atoms with Gasteiger partial charge in [-0.25, -0.2) is 0 Å². The molecule has 2 atom stereocenters. The molecule has 21 heavy (non-hydrogen) atoms. The number of oxime groups is 1. The predicted molar refractivity (Wildman–Crippen MR) is 80.1 cm³/mol. The summed E-state index contributed by atoms with van der Waals surface area (Å²) < 4.78 is 5.58. The van der Waals surface area contributed by atoms with Gasteiger partial charge in [-0.1, -0.05) is 30.8 Å². The second-order valence-electron chi connectivity index (χ2n) is 6.62. The second kappa shape index (κ2) is 6.22. The van der Waals surface area contributed by atoms with Gasteiger partial charge in [-0.2, -0.15) is 0 Å². The number of rotatable bonds is 3. The van der Waals surface area contributed by atoms with Crippen LogP contribution in [-0.2, 0) is 9.53 Å². The van der Waals surface area contributed by atoms with Gasteiger partial charge in [-0.05, 0) is 33.1 Å². The average Bonchev–Trinajstić information content (AvgIpc) is 2.70. The number of hydrogen-bond donors (Lipinski definition) is 3. The summed E-state index contributed by atoms with van der Waals surface area (Å²) in [7, 11) is 0. The van der Waals surface area contributed by atoms with Crippen LogP contribution in [0.25, 0.3) is 0 Å². The van der Waals surface area contributed by atoms with Crippen molar-refractivity contribution in [2.45, 2.75) is 70.4 Å². The smallest absolute Gasteiger partial charge is 0.234 e. The summed E-state index contributed by atoms with van der Waals surface area (Å²) >= 11 is 0. The van der Waals surface area contributed by atoms with E-state index in [9.17, 15) is 4.79 Å². The molecule has 120 valence electrons. The summed E-state index contributed by atoms with van der Waals surface area (Å²) in [6, 6.07) is 0. The molecule has 6 nitrogen and oxygen atoms in total. The van der Waals surface area contributed by atoms with Crippen LogP contribution in [0, 0.1) is 5.41 Å². The lowest BCUT2D eigenvalue weighted by Crippen LogP contribution is -2.58. The summed E-state index contributed by atoms with van der Waals surface area (Å²) in [5.41, 5.74) is 4.65. The molecule has 4 N–H and O–H groups in total. The fourth-order valence-electron chi connectivity index (χ4n) is 3.41. The highest BCUT2D eigenvalue weighted by Gasteiger charge is 2.47. The summed E-state index contributed by atoms with van der Waals surface area (Å²) in [6.45, 7) is 4.62. The standard InChI is InChI=1S/C15H27N3O3/c1-11-14(2,9-10-21-11)17-13(19)15(12(16)18-20)7-5-3-4-6-8-15/h11,20H,3-10H2,1-2H3,(H2,16,18)(H,17,19). The van der Waals surface area contributed by atoms with E-state index in [1.54, 1.807) is 0 Å². The van der Waals surface area contributed by atoms with E-state index >= 15 is 0 Å². The van der Waals surface area contributed by atoms with Crippen LogP contribution in [0.1, 0.15) is 58.8 Å². The molecule has 1 heterocycles. The van der Waals surface area contributed by atoms with Crippen LogP contribution < -0.4 is 11.1 Å². The molecule has 1 saturated carbocycles. The third kappa shape index (κ3) is 3.00. The van der Waals surface area contributed by atoms with Crippen molar-refractivity contribution in [2.75, 3.05) is 6.61 Å². The average molecular weight is 297 g/mol. The highest BCUT2D eigenvalue weighted by atomic mass is 16.5. The third-order valence-corrected chi connectivity index (χ3v) is 5.28. The van der Waals surface area contributed by atoms with E-state index in [1.807, 2.05) is 13.8 Å². The summed E-state index contributed by atoms with van der Waals surface area (Å²) in [6.07, 6.45) is 6.05. The minimum absolute atomic E-state index is 0.0310. The number of amides is 1. The maximum absolute atomic E-state index is 12.9. The normalized spacial score (nSPS) is 33.4. The SMILES string of the molecule is CC1OCCC1(C)NC(=O)C1(C(N)=NO)CCCCCC1.